The van der Waals surface area contributed by atoms with Crippen molar-refractivity contribution in [1.82, 2.24) is 15.0 Å². The Morgan fingerprint density at radius 1 is 0.400 bits per heavy atom. The fourth-order valence-corrected chi connectivity index (χ4v) is 8.61. The number of benzene rings is 7. The Hall–Kier alpha value is -6.01. The molecule has 10 rings (SSSR count). The van der Waals surface area contributed by atoms with E-state index in [-0.39, 0.29) is 53.0 Å². The van der Waals surface area contributed by atoms with Crippen LogP contribution in [-0.4, -0.2) is 15.0 Å². The molecule has 7 aromatic carbocycles. The van der Waals surface area contributed by atoms with Crippen molar-refractivity contribution in [2.45, 2.75) is 0 Å². The van der Waals surface area contributed by atoms with Crippen LogP contribution in [-0.2, 0) is 0 Å². The Kier molecular flexibility index (Phi) is 5.54. The highest BCUT2D eigenvalue weighted by atomic mass is 32.1. The lowest BCUT2D eigenvalue weighted by atomic mass is 9.99. The summed E-state index contributed by atoms with van der Waals surface area (Å²) in [4.78, 5) is 14.6. The minimum Gasteiger partial charge on any atom is -0.208 e. The highest BCUT2D eigenvalue weighted by molar-refractivity contribution is 7.26. The van der Waals surface area contributed by atoms with Gasteiger partial charge in [-0.1, -0.05) is 133 Å². The van der Waals surface area contributed by atoms with Gasteiger partial charge in [0.1, 0.15) is 0 Å². The molecule has 3 aromatic heterocycles. The number of hydrogen-bond donors (Lipinski definition) is 0. The van der Waals surface area contributed by atoms with Gasteiger partial charge in [0.25, 0.3) is 0 Å². The highest BCUT2D eigenvalue weighted by Crippen LogP contribution is 2.42. The fraction of sp³-hybridized carbons (Fsp3) is 0. The van der Waals surface area contributed by atoms with Gasteiger partial charge < -0.3 is 0 Å². The van der Waals surface area contributed by atoms with Crippen LogP contribution in [0.1, 0.15) is 8.22 Å². The van der Waals surface area contributed by atoms with Gasteiger partial charge in [-0.25, -0.2) is 15.0 Å². The van der Waals surface area contributed by atoms with E-state index < -0.39 is 0 Å². The zero-order chi connectivity index (χ0) is 38.2. The van der Waals surface area contributed by atoms with Crippen molar-refractivity contribution >= 4 is 63.0 Å². The first-order valence-corrected chi connectivity index (χ1v) is 17.7. The van der Waals surface area contributed by atoms with Crippen LogP contribution in [0, 0.1) is 0 Å². The summed E-state index contributed by atoms with van der Waals surface area (Å²) in [5.41, 5.74) is 4.76. The molecular formula is C45H27N3S2. The van der Waals surface area contributed by atoms with Gasteiger partial charge in [-0.3, -0.25) is 0 Å². The maximum atomic E-state index is 9.60. The lowest BCUT2D eigenvalue weighted by molar-refractivity contribution is 1.08. The third kappa shape index (κ3) is 4.98. The fourth-order valence-electron chi connectivity index (χ4n) is 6.39. The molecular weight excluding hydrogens is 647 g/mol. The van der Waals surface area contributed by atoms with E-state index in [9.17, 15) is 4.11 Å². The summed E-state index contributed by atoms with van der Waals surface area (Å²) in [5.74, 6) is 0.840. The first kappa shape index (κ1) is 23.4. The smallest absolute Gasteiger partial charge is 0.164 e. The zero-order valence-electron chi connectivity index (χ0n) is 32.3. The molecule has 0 bridgehead atoms. The van der Waals surface area contributed by atoms with Gasteiger partial charge in [0.2, 0.25) is 0 Å². The van der Waals surface area contributed by atoms with Crippen LogP contribution < -0.4 is 0 Å². The van der Waals surface area contributed by atoms with Crippen LogP contribution in [0.15, 0.2) is 164 Å². The van der Waals surface area contributed by atoms with E-state index in [0.29, 0.717) is 37.6 Å². The van der Waals surface area contributed by atoms with Gasteiger partial charge >= 0.3 is 0 Å². The standard InChI is InChI=1S/C45H27N3S2/c1-3-10-28(11-4-1)29-18-20-30(21-19-29)34-15-9-16-37-36-24-22-33(27-41(36)50-42(34)37)45-47-43(31-12-5-2-6-13-31)46-44(48-45)32-23-25-40-38(26-32)35-14-7-8-17-39(35)49-40/h1-27H/i9D,15D,16D,22D,24D,27D. The van der Waals surface area contributed by atoms with Crippen molar-refractivity contribution in [3.63, 3.8) is 0 Å². The average molecular weight is 680 g/mol. The van der Waals surface area contributed by atoms with Gasteiger partial charge in [0.05, 0.1) is 8.22 Å². The van der Waals surface area contributed by atoms with E-state index in [1.54, 1.807) is 11.3 Å². The summed E-state index contributed by atoms with van der Waals surface area (Å²) >= 11 is 2.92. The van der Waals surface area contributed by atoms with Crippen molar-refractivity contribution < 1.29 is 8.22 Å². The molecule has 0 aliphatic heterocycles. The zero-order valence-corrected chi connectivity index (χ0v) is 27.9. The largest absolute Gasteiger partial charge is 0.208 e. The molecule has 10 aromatic rings. The minimum absolute atomic E-state index is 0.0551. The van der Waals surface area contributed by atoms with Gasteiger partial charge in [-0.2, -0.15) is 0 Å². The molecule has 0 amide bonds. The van der Waals surface area contributed by atoms with Crippen molar-refractivity contribution in [3.8, 4) is 56.4 Å². The highest BCUT2D eigenvalue weighted by Gasteiger charge is 2.16. The lowest BCUT2D eigenvalue weighted by Gasteiger charge is -2.09. The normalized spacial score (nSPS) is 13.3. The first-order valence-electron chi connectivity index (χ1n) is 19.1. The molecule has 0 unspecified atom stereocenters. The van der Waals surface area contributed by atoms with Crippen molar-refractivity contribution in [2.75, 3.05) is 0 Å². The number of hydrogen-bond acceptors (Lipinski definition) is 5. The Labute approximate surface area is 305 Å². The van der Waals surface area contributed by atoms with E-state index in [4.69, 9.17) is 19.1 Å². The lowest BCUT2D eigenvalue weighted by Crippen LogP contribution is -2.00. The molecule has 0 aliphatic carbocycles. The molecule has 0 atom stereocenters. The summed E-state index contributed by atoms with van der Waals surface area (Å²) in [6.45, 7) is 0. The Morgan fingerprint density at radius 2 is 1.02 bits per heavy atom. The number of fused-ring (bicyclic) bond motifs is 6. The third-order valence-corrected chi connectivity index (χ3v) is 11.1. The van der Waals surface area contributed by atoms with Crippen LogP contribution in [0.3, 0.4) is 0 Å². The average Bonchev–Trinajstić information content (AvgIpc) is 3.82. The molecule has 3 nitrogen and oxygen atoms in total. The predicted octanol–water partition coefficient (Wildman–Crippen LogP) is 12.9. The van der Waals surface area contributed by atoms with Crippen LogP contribution in [0.25, 0.3) is 96.8 Å². The van der Waals surface area contributed by atoms with Gasteiger partial charge in [0.15, 0.2) is 17.5 Å². The second-order valence-corrected chi connectivity index (χ2v) is 14.0. The van der Waals surface area contributed by atoms with Crippen molar-refractivity contribution in [1.29, 1.82) is 0 Å². The van der Waals surface area contributed by atoms with E-state index in [1.807, 2.05) is 103 Å². The number of nitrogens with zero attached hydrogens (tertiary/aromatic N) is 3. The molecule has 234 valence electrons. The van der Waals surface area contributed by atoms with E-state index in [1.165, 1.54) is 16.0 Å². The molecule has 0 fully saturated rings. The molecule has 5 heteroatoms. The number of aromatic nitrogens is 3. The Balaban J connectivity index is 1.20. The monoisotopic (exact) mass is 679 g/mol. The number of rotatable bonds is 5. The Morgan fingerprint density at radius 3 is 1.82 bits per heavy atom. The van der Waals surface area contributed by atoms with Crippen LogP contribution in [0.4, 0.5) is 0 Å². The molecule has 0 spiro atoms. The van der Waals surface area contributed by atoms with Crippen LogP contribution >= 0.6 is 22.7 Å². The first-order chi connectivity index (χ1) is 27.3. The van der Waals surface area contributed by atoms with Crippen LogP contribution in [0.2, 0.25) is 0 Å². The number of thiophene rings is 2. The topological polar surface area (TPSA) is 38.7 Å². The molecule has 3 heterocycles. The second kappa shape index (κ2) is 11.8. The molecule has 0 saturated heterocycles. The SMILES string of the molecule is [2H]c1c([2H])c([2H])c2c(sc3c([2H])c(-c4nc(-c5ccccc5)nc(-c5ccc6sc7ccccc7c6c5)n4)c([2H])c([2H])c32)c1-c1ccc(-c2ccccc2)cc1. The summed E-state index contributed by atoms with van der Waals surface area (Å²) in [6.07, 6.45) is 0. The molecule has 0 N–H and O–H groups in total. The molecule has 0 aliphatic rings. The van der Waals surface area contributed by atoms with E-state index >= 15 is 0 Å². The van der Waals surface area contributed by atoms with Crippen molar-refractivity contribution in [3.05, 3.63) is 164 Å². The van der Waals surface area contributed by atoms with Gasteiger partial charge in [-0.15, -0.1) is 22.7 Å². The maximum Gasteiger partial charge on any atom is 0.164 e. The van der Waals surface area contributed by atoms with E-state index in [2.05, 4.69) is 24.3 Å². The molecule has 0 saturated carbocycles. The van der Waals surface area contributed by atoms with Gasteiger partial charge in [-0.05, 0) is 52.6 Å². The summed E-state index contributed by atoms with van der Waals surface area (Å²) < 4.78 is 58.3. The predicted molar refractivity (Wildman–Crippen MR) is 213 cm³/mol. The maximum absolute atomic E-state index is 9.60. The molecule has 0 radical (unpaired) electrons. The van der Waals surface area contributed by atoms with Gasteiger partial charge in [0, 0.05) is 57.0 Å². The van der Waals surface area contributed by atoms with Crippen LogP contribution in [0.5, 0.6) is 0 Å². The summed E-state index contributed by atoms with van der Waals surface area (Å²) in [6, 6.07) is 40.5. The second-order valence-electron chi connectivity index (χ2n) is 11.9. The Bertz CT molecular complexity index is 3200. The molecule has 50 heavy (non-hydrogen) atoms. The quantitative estimate of drug-likeness (QED) is 0.182. The summed E-state index contributed by atoms with van der Waals surface area (Å²) in [5, 5.41) is 2.75. The summed E-state index contributed by atoms with van der Waals surface area (Å²) in [7, 11) is 0. The minimum atomic E-state index is -0.272. The third-order valence-electron chi connectivity index (χ3n) is 8.87. The van der Waals surface area contributed by atoms with E-state index in [0.717, 1.165) is 37.7 Å². The van der Waals surface area contributed by atoms with Crippen molar-refractivity contribution in [2.24, 2.45) is 0 Å².